The number of hydrogen-bond acceptors (Lipinski definition) is 5. The first kappa shape index (κ1) is 16.0. The van der Waals surface area contributed by atoms with E-state index in [2.05, 4.69) is 10.6 Å². The molecule has 2 aromatic rings. The molecule has 1 aliphatic heterocycles. The largest absolute Gasteiger partial charge is 0.454 e. The number of nitriles is 1. The molecule has 1 saturated carbocycles. The quantitative estimate of drug-likeness (QED) is 0.883. The lowest BCUT2D eigenvalue weighted by Crippen LogP contribution is -2.20. The number of nitrogens with one attached hydrogen (secondary N) is 2. The van der Waals surface area contributed by atoms with Gasteiger partial charge in [0.15, 0.2) is 11.5 Å². The van der Waals surface area contributed by atoms with Crippen molar-refractivity contribution in [2.24, 2.45) is 11.8 Å². The molecule has 0 radical (unpaired) electrons. The Balaban J connectivity index is 1.33. The highest BCUT2D eigenvalue weighted by atomic mass is 16.7. The van der Waals surface area contributed by atoms with Gasteiger partial charge in [-0.25, -0.2) is 0 Å². The molecule has 130 valence electrons. The molecular formula is C19H15N3O4. The Kier molecular flexibility index (Phi) is 3.93. The lowest BCUT2D eigenvalue weighted by Gasteiger charge is -2.07. The van der Waals surface area contributed by atoms with E-state index in [-0.39, 0.29) is 30.4 Å². The van der Waals surface area contributed by atoms with Crippen LogP contribution in [0.25, 0.3) is 0 Å². The smallest absolute Gasteiger partial charge is 0.231 e. The SMILES string of the molecule is N#Cc1ccc(NC(=O)C2CC2C(=O)Nc2ccc3c(c2)OCO3)cc1. The fraction of sp³-hybridized carbons (Fsp3) is 0.211. The van der Waals surface area contributed by atoms with E-state index in [1.165, 1.54) is 0 Å². The summed E-state index contributed by atoms with van der Waals surface area (Å²) < 4.78 is 10.5. The molecule has 7 nitrogen and oxygen atoms in total. The molecule has 7 heteroatoms. The molecule has 1 fully saturated rings. The molecule has 2 atom stereocenters. The van der Waals surface area contributed by atoms with E-state index < -0.39 is 0 Å². The lowest BCUT2D eigenvalue weighted by atomic mass is 10.2. The van der Waals surface area contributed by atoms with Gasteiger partial charge >= 0.3 is 0 Å². The van der Waals surface area contributed by atoms with Gasteiger partial charge in [0.05, 0.1) is 23.5 Å². The van der Waals surface area contributed by atoms with Crippen molar-refractivity contribution in [2.75, 3.05) is 17.4 Å². The van der Waals surface area contributed by atoms with Gasteiger partial charge in [-0.2, -0.15) is 5.26 Å². The van der Waals surface area contributed by atoms with Crippen molar-refractivity contribution in [1.82, 2.24) is 0 Å². The highest BCUT2D eigenvalue weighted by Crippen LogP contribution is 2.41. The summed E-state index contributed by atoms with van der Waals surface area (Å²) in [5, 5.41) is 14.4. The predicted octanol–water partition coefficient (Wildman–Crippen LogP) is 2.50. The van der Waals surface area contributed by atoms with E-state index in [1.807, 2.05) is 6.07 Å². The van der Waals surface area contributed by atoms with Crippen LogP contribution in [-0.4, -0.2) is 18.6 Å². The molecule has 2 unspecified atom stereocenters. The molecule has 0 aromatic heterocycles. The summed E-state index contributed by atoms with van der Waals surface area (Å²) in [6, 6.07) is 13.8. The molecule has 1 heterocycles. The number of carbonyl (C=O) groups is 2. The zero-order valence-corrected chi connectivity index (χ0v) is 13.7. The number of amides is 2. The van der Waals surface area contributed by atoms with Crippen LogP contribution in [0.15, 0.2) is 42.5 Å². The number of benzene rings is 2. The van der Waals surface area contributed by atoms with Crippen molar-refractivity contribution in [3.05, 3.63) is 48.0 Å². The van der Waals surface area contributed by atoms with Gasteiger partial charge in [-0.15, -0.1) is 0 Å². The van der Waals surface area contributed by atoms with Crippen molar-refractivity contribution >= 4 is 23.2 Å². The Hall–Kier alpha value is -3.53. The van der Waals surface area contributed by atoms with Gasteiger partial charge in [0.1, 0.15) is 0 Å². The molecule has 4 rings (SSSR count). The lowest BCUT2D eigenvalue weighted by molar-refractivity contribution is -0.122. The van der Waals surface area contributed by atoms with Gasteiger partial charge in [0, 0.05) is 17.4 Å². The molecule has 0 spiro atoms. The number of carbonyl (C=O) groups excluding carboxylic acids is 2. The average molecular weight is 349 g/mol. The van der Waals surface area contributed by atoms with Crippen LogP contribution < -0.4 is 20.1 Å². The topological polar surface area (TPSA) is 100 Å². The van der Waals surface area contributed by atoms with Crippen LogP contribution in [-0.2, 0) is 9.59 Å². The monoisotopic (exact) mass is 349 g/mol. The van der Waals surface area contributed by atoms with Gasteiger partial charge in [0.25, 0.3) is 0 Å². The Morgan fingerprint density at radius 2 is 1.54 bits per heavy atom. The van der Waals surface area contributed by atoms with Crippen LogP contribution in [0.3, 0.4) is 0 Å². The highest BCUT2D eigenvalue weighted by molar-refractivity contribution is 6.03. The first-order valence-corrected chi connectivity index (χ1v) is 8.15. The number of anilines is 2. The third-order valence-electron chi connectivity index (χ3n) is 4.39. The second-order valence-corrected chi connectivity index (χ2v) is 6.18. The number of rotatable bonds is 4. The number of hydrogen-bond donors (Lipinski definition) is 2. The highest BCUT2D eigenvalue weighted by Gasteiger charge is 2.48. The van der Waals surface area contributed by atoms with E-state index in [4.69, 9.17) is 14.7 Å². The van der Waals surface area contributed by atoms with Crippen molar-refractivity contribution in [1.29, 1.82) is 5.26 Å². The fourth-order valence-corrected chi connectivity index (χ4v) is 2.85. The Labute approximate surface area is 149 Å². The minimum Gasteiger partial charge on any atom is -0.454 e. The van der Waals surface area contributed by atoms with Crippen molar-refractivity contribution in [3.8, 4) is 17.6 Å². The van der Waals surface area contributed by atoms with E-state index in [1.54, 1.807) is 42.5 Å². The maximum Gasteiger partial charge on any atom is 0.231 e. The van der Waals surface area contributed by atoms with Crippen molar-refractivity contribution in [2.45, 2.75) is 6.42 Å². The summed E-state index contributed by atoms with van der Waals surface area (Å²) in [6.45, 7) is 0.174. The second kappa shape index (κ2) is 6.41. The molecule has 26 heavy (non-hydrogen) atoms. The zero-order chi connectivity index (χ0) is 18.1. The normalized spacial score (nSPS) is 19.3. The minimum absolute atomic E-state index is 0.174. The molecule has 2 aromatic carbocycles. The van der Waals surface area contributed by atoms with Gasteiger partial charge in [0.2, 0.25) is 18.6 Å². The summed E-state index contributed by atoms with van der Waals surface area (Å²) in [7, 11) is 0. The van der Waals surface area contributed by atoms with Crippen LogP contribution in [0.4, 0.5) is 11.4 Å². The van der Waals surface area contributed by atoms with E-state index in [9.17, 15) is 9.59 Å². The second-order valence-electron chi connectivity index (χ2n) is 6.18. The van der Waals surface area contributed by atoms with Crippen LogP contribution in [0.5, 0.6) is 11.5 Å². The van der Waals surface area contributed by atoms with Gasteiger partial charge in [-0.1, -0.05) is 0 Å². The summed E-state index contributed by atoms with van der Waals surface area (Å²) in [5.41, 5.74) is 1.74. The first-order chi connectivity index (χ1) is 12.6. The summed E-state index contributed by atoms with van der Waals surface area (Å²) in [6.07, 6.45) is 0.512. The average Bonchev–Trinajstić information content (AvgIpc) is 3.33. The maximum atomic E-state index is 12.3. The third kappa shape index (κ3) is 3.17. The molecule has 2 N–H and O–H groups in total. The minimum atomic E-state index is -0.348. The standard InChI is InChI=1S/C19H15N3O4/c20-9-11-1-3-12(4-2-11)21-18(23)14-8-15(14)19(24)22-13-5-6-16-17(7-13)26-10-25-16/h1-7,14-15H,8,10H2,(H,21,23)(H,22,24). The molecule has 2 aliphatic rings. The van der Waals surface area contributed by atoms with Crippen molar-refractivity contribution < 1.29 is 19.1 Å². The number of fused-ring (bicyclic) bond motifs is 1. The van der Waals surface area contributed by atoms with Crippen molar-refractivity contribution in [3.63, 3.8) is 0 Å². The summed E-state index contributed by atoms with van der Waals surface area (Å²) in [5.74, 6) is 0.158. The first-order valence-electron chi connectivity index (χ1n) is 8.15. The van der Waals surface area contributed by atoms with E-state index >= 15 is 0 Å². The molecule has 0 saturated heterocycles. The van der Waals surface area contributed by atoms with E-state index in [0.717, 1.165) is 0 Å². The van der Waals surface area contributed by atoms with Crippen LogP contribution in [0.2, 0.25) is 0 Å². The number of ether oxygens (including phenoxy) is 2. The van der Waals surface area contributed by atoms with E-state index in [0.29, 0.717) is 34.9 Å². The Bertz CT molecular complexity index is 917. The number of nitrogens with zero attached hydrogens (tertiary/aromatic N) is 1. The predicted molar refractivity (Wildman–Crippen MR) is 92.6 cm³/mol. The maximum absolute atomic E-state index is 12.3. The van der Waals surface area contributed by atoms with Gasteiger partial charge in [-0.05, 0) is 42.8 Å². The molecular weight excluding hydrogens is 334 g/mol. The molecule has 1 aliphatic carbocycles. The Morgan fingerprint density at radius 3 is 2.23 bits per heavy atom. The summed E-state index contributed by atoms with van der Waals surface area (Å²) >= 11 is 0. The van der Waals surface area contributed by atoms with Crippen LogP contribution in [0.1, 0.15) is 12.0 Å². The molecule has 2 amide bonds. The van der Waals surface area contributed by atoms with Crippen LogP contribution in [0, 0.1) is 23.2 Å². The fourth-order valence-electron chi connectivity index (χ4n) is 2.85. The van der Waals surface area contributed by atoms with Gasteiger partial charge < -0.3 is 20.1 Å². The molecule has 0 bridgehead atoms. The third-order valence-corrected chi connectivity index (χ3v) is 4.39. The van der Waals surface area contributed by atoms with Crippen LogP contribution >= 0.6 is 0 Å². The zero-order valence-electron chi connectivity index (χ0n) is 13.7. The van der Waals surface area contributed by atoms with Gasteiger partial charge in [-0.3, -0.25) is 9.59 Å². The Morgan fingerprint density at radius 1 is 0.923 bits per heavy atom. The summed E-state index contributed by atoms with van der Waals surface area (Å²) in [4.78, 5) is 24.6.